The van der Waals surface area contributed by atoms with Crippen molar-refractivity contribution < 1.29 is 19.1 Å². The molecule has 0 fully saturated rings. The van der Waals surface area contributed by atoms with E-state index in [-0.39, 0.29) is 12.0 Å². The van der Waals surface area contributed by atoms with Gasteiger partial charge in [-0.2, -0.15) is 0 Å². The third-order valence-electron chi connectivity index (χ3n) is 4.39. The third-order valence-corrected chi connectivity index (χ3v) is 5.06. The number of amides is 1. The van der Waals surface area contributed by atoms with Gasteiger partial charge in [-0.1, -0.05) is 30.3 Å². The molecule has 1 heterocycles. The Morgan fingerprint density at radius 2 is 1.64 bits per heavy atom. The molecule has 0 bridgehead atoms. The number of halogens is 1. The Morgan fingerprint density at radius 1 is 1.04 bits per heavy atom. The molecule has 0 unspecified atom stereocenters. The van der Waals surface area contributed by atoms with Crippen LogP contribution in [0.25, 0.3) is 0 Å². The molecule has 28 heavy (non-hydrogen) atoms. The highest BCUT2D eigenvalue weighted by Crippen LogP contribution is 2.24. The molecular weight excluding hydrogens is 469 g/mol. The van der Waals surface area contributed by atoms with Crippen molar-refractivity contribution in [3.05, 3.63) is 68.3 Å². The molecule has 0 spiro atoms. The molecular formula is C22H22INO4. The molecule has 3 rings (SSSR count). The van der Waals surface area contributed by atoms with E-state index in [1.54, 1.807) is 37.8 Å². The summed E-state index contributed by atoms with van der Waals surface area (Å²) in [6.45, 7) is 6.22. The zero-order valence-corrected chi connectivity index (χ0v) is 18.3. The first kappa shape index (κ1) is 20.5. The summed E-state index contributed by atoms with van der Waals surface area (Å²) in [5.41, 5.74) is 2.27. The fourth-order valence-corrected chi connectivity index (χ4v) is 3.67. The van der Waals surface area contributed by atoms with Crippen LogP contribution in [-0.4, -0.2) is 28.2 Å². The summed E-state index contributed by atoms with van der Waals surface area (Å²) >= 11 is 2.09. The van der Waals surface area contributed by atoms with Gasteiger partial charge in [-0.15, -0.1) is 0 Å². The molecule has 146 valence electrons. The van der Waals surface area contributed by atoms with Crippen LogP contribution in [-0.2, 0) is 33.8 Å². The smallest absolute Gasteiger partial charge is 0.310 e. The van der Waals surface area contributed by atoms with Crippen LogP contribution >= 0.6 is 22.6 Å². The number of fused-ring (bicyclic) bond motifs is 1. The lowest BCUT2D eigenvalue weighted by Crippen LogP contribution is -2.33. The molecule has 6 heteroatoms. The van der Waals surface area contributed by atoms with E-state index in [0.717, 1.165) is 14.7 Å². The molecule has 0 atom stereocenters. The summed E-state index contributed by atoms with van der Waals surface area (Å²) in [6, 6.07) is 13.0. The van der Waals surface area contributed by atoms with E-state index in [1.165, 1.54) is 0 Å². The zero-order valence-electron chi connectivity index (χ0n) is 16.1. The van der Waals surface area contributed by atoms with Crippen molar-refractivity contribution in [1.29, 1.82) is 0 Å². The van der Waals surface area contributed by atoms with Gasteiger partial charge in [0, 0.05) is 22.2 Å². The Morgan fingerprint density at radius 3 is 2.21 bits per heavy atom. The monoisotopic (exact) mass is 491 g/mol. The van der Waals surface area contributed by atoms with Crippen LogP contribution in [0.3, 0.4) is 0 Å². The Hall–Kier alpha value is -2.22. The molecule has 0 radical (unpaired) electrons. The predicted octanol–water partition coefficient (Wildman–Crippen LogP) is 3.90. The van der Waals surface area contributed by atoms with Crippen molar-refractivity contribution in [3.8, 4) is 0 Å². The van der Waals surface area contributed by atoms with E-state index in [2.05, 4.69) is 22.6 Å². The van der Waals surface area contributed by atoms with Crippen LogP contribution in [0.15, 0.2) is 42.5 Å². The van der Waals surface area contributed by atoms with E-state index in [4.69, 9.17) is 4.74 Å². The molecule has 2 aromatic rings. The summed E-state index contributed by atoms with van der Waals surface area (Å²) in [5.74, 6) is -1.57. The van der Waals surface area contributed by atoms with Crippen molar-refractivity contribution in [2.45, 2.75) is 45.9 Å². The number of nitrogens with zero attached hydrogens (tertiary/aromatic N) is 1. The maximum absolute atomic E-state index is 13.0. The normalized spacial score (nSPS) is 13.2. The average Bonchev–Trinajstić information content (AvgIpc) is 3.04. The van der Waals surface area contributed by atoms with Gasteiger partial charge in [0.15, 0.2) is 0 Å². The van der Waals surface area contributed by atoms with Gasteiger partial charge in [0.05, 0.1) is 6.42 Å². The molecule has 0 saturated carbocycles. The highest BCUT2D eigenvalue weighted by Gasteiger charge is 2.30. The van der Waals surface area contributed by atoms with Crippen LogP contribution in [0.1, 0.15) is 47.8 Å². The molecule has 0 aliphatic carbocycles. The highest BCUT2D eigenvalue weighted by atomic mass is 127. The molecule has 1 aliphatic rings. The minimum absolute atomic E-state index is 0.0528. The number of ether oxygens (including phenoxy) is 1. The lowest BCUT2D eigenvalue weighted by atomic mass is 10.00. The number of esters is 1. The van der Waals surface area contributed by atoms with Crippen LogP contribution in [0.2, 0.25) is 0 Å². The molecule has 0 aromatic heterocycles. The first-order valence-electron chi connectivity index (χ1n) is 9.05. The van der Waals surface area contributed by atoms with Crippen LogP contribution in [0, 0.1) is 3.57 Å². The number of carbonyl (C=O) groups excluding carboxylic acids is 3. The summed E-state index contributed by atoms with van der Waals surface area (Å²) in [5, 5.41) is 0. The van der Waals surface area contributed by atoms with Crippen LogP contribution < -0.4 is 0 Å². The number of ketones is 1. The molecule has 5 nitrogen and oxygen atoms in total. The maximum atomic E-state index is 13.0. The summed E-state index contributed by atoms with van der Waals surface area (Å²) in [6.07, 6.45) is -0.0528. The van der Waals surface area contributed by atoms with Crippen LogP contribution in [0.4, 0.5) is 0 Å². The highest BCUT2D eigenvalue weighted by molar-refractivity contribution is 14.1. The van der Waals surface area contributed by atoms with Crippen molar-refractivity contribution in [3.63, 3.8) is 0 Å². The van der Waals surface area contributed by atoms with Gasteiger partial charge in [-0.25, -0.2) is 0 Å². The summed E-state index contributed by atoms with van der Waals surface area (Å²) in [7, 11) is 0. The zero-order chi connectivity index (χ0) is 20.5. The minimum Gasteiger partial charge on any atom is -0.460 e. The van der Waals surface area contributed by atoms with E-state index in [1.807, 2.05) is 30.3 Å². The predicted molar refractivity (Wildman–Crippen MR) is 114 cm³/mol. The minimum atomic E-state index is -0.610. The molecule has 1 amide bonds. The SMILES string of the molecule is CC(C)(C)OC(=O)Cc1ccc(I)cc1C(=O)C(=O)N1Cc2ccccc2C1. The molecule has 1 aliphatic heterocycles. The van der Waals surface area contributed by atoms with E-state index in [0.29, 0.717) is 18.7 Å². The summed E-state index contributed by atoms with van der Waals surface area (Å²) in [4.78, 5) is 39.6. The Bertz CT molecular complexity index is 921. The Labute approximate surface area is 178 Å². The first-order chi connectivity index (χ1) is 13.1. The lowest BCUT2D eigenvalue weighted by Gasteiger charge is -2.20. The second-order valence-corrected chi connectivity index (χ2v) is 9.07. The van der Waals surface area contributed by atoms with Gasteiger partial charge in [-0.05, 0) is 72.2 Å². The van der Waals surface area contributed by atoms with Gasteiger partial charge in [0.25, 0.3) is 11.7 Å². The number of Topliss-reactive ketones (excluding diaryl/α,β-unsaturated/α-hetero) is 1. The van der Waals surface area contributed by atoms with Gasteiger partial charge in [0.1, 0.15) is 5.60 Å². The first-order valence-corrected chi connectivity index (χ1v) is 10.1. The summed E-state index contributed by atoms with van der Waals surface area (Å²) < 4.78 is 6.19. The van der Waals surface area contributed by atoms with Gasteiger partial charge >= 0.3 is 5.97 Å². The molecule has 0 N–H and O–H groups in total. The topological polar surface area (TPSA) is 63.7 Å². The van der Waals surface area contributed by atoms with Crippen LogP contribution in [0.5, 0.6) is 0 Å². The van der Waals surface area contributed by atoms with Crippen molar-refractivity contribution in [2.24, 2.45) is 0 Å². The second-order valence-electron chi connectivity index (χ2n) is 7.82. The van der Waals surface area contributed by atoms with Crippen molar-refractivity contribution >= 4 is 40.3 Å². The van der Waals surface area contributed by atoms with E-state index in [9.17, 15) is 14.4 Å². The fourth-order valence-electron chi connectivity index (χ4n) is 3.18. The van der Waals surface area contributed by atoms with Crippen molar-refractivity contribution in [2.75, 3.05) is 0 Å². The van der Waals surface area contributed by atoms with Gasteiger partial charge in [0.2, 0.25) is 0 Å². The molecule has 0 saturated heterocycles. The van der Waals surface area contributed by atoms with E-state index < -0.39 is 23.3 Å². The average molecular weight is 491 g/mol. The largest absolute Gasteiger partial charge is 0.460 e. The van der Waals surface area contributed by atoms with E-state index >= 15 is 0 Å². The Balaban J connectivity index is 1.80. The fraction of sp³-hybridized carbons (Fsp3) is 0.318. The number of hydrogen-bond donors (Lipinski definition) is 0. The second kappa shape index (κ2) is 8.03. The number of carbonyl (C=O) groups is 3. The maximum Gasteiger partial charge on any atom is 0.310 e. The standard InChI is InChI=1S/C22H22INO4/c1-22(2,3)28-19(25)10-14-8-9-17(23)11-18(14)20(26)21(27)24-12-15-6-4-5-7-16(15)13-24/h4-9,11H,10,12-13H2,1-3H3. The Kier molecular flexibility index (Phi) is 5.88. The number of rotatable bonds is 4. The quantitative estimate of drug-likeness (QED) is 0.282. The number of benzene rings is 2. The molecule has 2 aromatic carbocycles. The van der Waals surface area contributed by atoms with Gasteiger partial charge in [-0.3, -0.25) is 14.4 Å². The van der Waals surface area contributed by atoms with Crippen molar-refractivity contribution in [1.82, 2.24) is 4.90 Å². The van der Waals surface area contributed by atoms with Gasteiger partial charge < -0.3 is 9.64 Å². The third kappa shape index (κ3) is 4.79. The number of hydrogen-bond acceptors (Lipinski definition) is 4. The lowest BCUT2D eigenvalue weighted by molar-refractivity contribution is -0.153.